The van der Waals surface area contributed by atoms with Crippen LogP contribution in [-0.2, 0) is 6.54 Å². The minimum absolute atomic E-state index is 0.509. The van der Waals surface area contributed by atoms with Crippen LogP contribution in [0.2, 0.25) is 0 Å². The molecule has 21 heavy (non-hydrogen) atoms. The zero-order chi connectivity index (χ0) is 15.1. The average molecular weight is 309 g/mol. The van der Waals surface area contributed by atoms with Crippen LogP contribution < -0.4 is 10.1 Å². The molecule has 1 aliphatic heterocycles. The highest BCUT2D eigenvalue weighted by Crippen LogP contribution is 2.27. The van der Waals surface area contributed by atoms with Gasteiger partial charge in [-0.2, -0.15) is 11.8 Å². The van der Waals surface area contributed by atoms with Crippen molar-refractivity contribution < 1.29 is 9.84 Å². The topological polar surface area (TPSA) is 41.5 Å². The molecular formula is C17H27NO2S. The second kappa shape index (κ2) is 8.06. The lowest BCUT2D eigenvalue weighted by Crippen LogP contribution is -2.40. The van der Waals surface area contributed by atoms with E-state index in [9.17, 15) is 5.11 Å². The lowest BCUT2D eigenvalue weighted by atomic mass is 10.0. The van der Waals surface area contributed by atoms with E-state index in [0.717, 1.165) is 43.2 Å². The molecule has 1 saturated heterocycles. The number of thioether (sulfide) groups is 1. The summed E-state index contributed by atoms with van der Waals surface area (Å²) >= 11 is 1.83. The standard InChI is InChI=1S/C17H27NO2S/c1-14(2)7-9-20-16-5-3-15(4-6-16)11-18-12-17(19)8-10-21-13-17/h3-6,14,18-19H,7-13H2,1-2H3. The van der Waals surface area contributed by atoms with Crippen LogP contribution in [0.25, 0.3) is 0 Å². The second-order valence-corrected chi connectivity index (χ2v) is 7.41. The summed E-state index contributed by atoms with van der Waals surface area (Å²) in [5, 5.41) is 13.6. The second-order valence-electron chi connectivity index (χ2n) is 6.31. The molecule has 1 unspecified atom stereocenters. The quantitative estimate of drug-likeness (QED) is 0.774. The van der Waals surface area contributed by atoms with Gasteiger partial charge in [0.1, 0.15) is 5.75 Å². The third kappa shape index (κ3) is 5.89. The van der Waals surface area contributed by atoms with E-state index >= 15 is 0 Å². The van der Waals surface area contributed by atoms with Crippen molar-refractivity contribution in [2.45, 2.75) is 38.8 Å². The first kappa shape index (κ1) is 16.7. The minimum atomic E-state index is -0.509. The van der Waals surface area contributed by atoms with Gasteiger partial charge in [0.2, 0.25) is 0 Å². The highest BCUT2D eigenvalue weighted by Gasteiger charge is 2.30. The molecular weight excluding hydrogens is 282 g/mol. The first-order valence-corrected chi connectivity index (χ1v) is 8.95. The van der Waals surface area contributed by atoms with Crippen molar-refractivity contribution in [1.29, 1.82) is 0 Å². The minimum Gasteiger partial charge on any atom is -0.494 e. The summed E-state index contributed by atoms with van der Waals surface area (Å²) < 4.78 is 5.71. The first-order chi connectivity index (χ1) is 10.1. The van der Waals surface area contributed by atoms with E-state index in [4.69, 9.17) is 4.74 Å². The maximum Gasteiger partial charge on any atom is 0.119 e. The molecule has 0 saturated carbocycles. The van der Waals surface area contributed by atoms with Gasteiger partial charge in [-0.15, -0.1) is 0 Å². The number of nitrogens with one attached hydrogen (secondary N) is 1. The number of hydrogen-bond acceptors (Lipinski definition) is 4. The number of rotatable bonds is 8. The molecule has 2 N–H and O–H groups in total. The van der Waals surface area contributed by atoms with Crippen LogP contribution in [0.1, 0.15) is 32.3 Å². The van der Waals surface area contributed by atoms with E-state index < -0.39 is 5.60 Å². The van der Waals surface area contributed by atoms with Gasteiger partial charge in [0.05, 0.1) is 12.2 Å². The lowest BCUT2D eigenvalue weighted by molar-refractivity contribution is 0.0674. The van der Waals surface area contributed by atoms with E-state index in [1.165, 1.54) is 5.56 Å². The molecule has 1 heterocycles. The fraction of sp³-hybridized carbons (Fsp3) is 0.647. The first-order valence-electron chi connectivity index (χ1n) is 7.80. The van der Waals surface area contributed by atoms with Crippen LogP contribution in [0.4, 0.5) is 0 Å². The molecule has 0 spiro atoms. The van der Waals surface area contributed by atoms with Gasteiger partial charge < -0.3 is 15.2 Å². The van der Waals surface area contributed by atoms with Crippen LogP contribution in [-0.4, -0.2) is 35.4 Å². The number of benzene rings is 1. The molecule has 2 rings (SSSR count). The van der Waals surface area contributed by atoms with Gasteiger partial charge >= 0.3 is 0 Å². The van der Waals surface area contributed by atoms with Gasteiger partial charge in [-0.3, -0.25) is 0 Å². The summed E-state index contributed by atoms with van der Waals surface area (Å²) in [5.74, 6) is 3.53. The molecule has 1 aromatic carbocycles. The number of hydrogen-bond donors (Lipinski definition) is 2. The van der Waals surface area contributed by atoms with Crippen molar-refractivity contribution >= 4 is 11.8 Å². The zero-order valence-electron chi connectivity index (χ0n) is 13.1. The average Bonchev–Trinajstić information content (AvgIpc) is 2.87. The van der Waals surface area contributed by atoms with E-state index in [2.05, 4.69) is 31.3 Å². The van der Waals surface area contributed by atoms with Crippen LogP contribution in [0.5, 0.6) is 5.75 Å². The molecule has 4 heteroatoms. The van der Waals surface area contributed by atoms with Gasteiger partial charge in [-0.05, 0) is 42.2 Å². The summed E-state index contributed by atoms with van der Waals surface area (Å²) in [6.45, 7) is 6.65. The Hall–Kier alpha value is -0.710. The lowest BCUT2D eigenvalue weighted by Gasteiger charge is -2.21. The Morgan fingerprint density at radius 1 is 1.33 bits per heavy atom. The maximum atomic E-state index is 10.3. The van der Waals surface area contributed by atoms with Crippen molar-refractivity contribution in [2.24, 2.45) is 5.92 Å². The van der Waals surface area contributed by atoms with Crippen LogP contribution in [0.15, 0.2) is 24.3 Å². The molecule has 0 aromatic heterocycles. The molecule has 0 amide bonds. The Balaban J connectivity index is 1.69. The largest absolute Gasteiger partial charge is 0.494 e. The third-order valence-corrected chi connectivity index (χ3v) is 4.99. The van der Waals surface area contributed by atoms with E-state index in [-0.39, 0.29) is 0 Å². The van der Waals surface area contributed by atoms with E-state index in [1.807, 2.05) is 23.9 Å². The van der Waals surface area contributed by atoms with Gasteiger partial charge in [0.25, 0.3) is 0 Å². The van der Waals surface area contributed by atoms with Gasteiger partial charge in [0, 0.05) is 18.8 Å². The van der Waals surface area contributed by atoms with Crippen LogP contribution in [0, 0.1) is 5.92 Å². The molecule has 0 bridgehead atoms. The smallest absolute Gasteiger partial charge is 0.119 e. The molecule has 118 valence electrons. The Bertz CT molecular complexity index is 413. The maximum absolute atomic E-state index is 10.3. The van der Waals surface area contributed by atoms with Gasteiger partial charge in [-0.25, -0.2) is 0 Å². The van der Waals surface area contributed by atoms with Gasteiger partial charge in [-0.1, -0.05) is 26.0 Å². The fourth-order valence-electron chi connectivity index (χ4n) is 2.29. The van der Waals surface area contributed by atoms with Crippen molar-refractivity contribution in [2.75, 3.05) is 24.7 Å². The highest BCUT2D eigenvalue weighted by atomic mass is 32.2. The summed E-state index contributed by atoms with van der Waals surface area (Å²) in [4.78, 5) is 0. The van der Waals surface area contributed by atoms with Crippen molar-refractivity contribution in [3.63, 3.8) is 0 Å². The number of ether oxygens (including phenoxy) is 1. The Morgan fingerprint density at radius 3 is 2.71 bits per heavy atom. The molecule has 0 radical (unpaired) electrons. The van der Waals surface area contributed by atoms with Crippen molar-refractivity contribution in [3.05, 3.63) is 29.8 Å². The Morgan fingerprint density at radius 2 is 2.10 bits per heavy atom. The molecule has 1 aromatic rings. The summed E-state index contributed by atoms with van der Waals surface area (Å²) in [6.07, 6.45) is 1.98. The summed E-state index contributed by atoms with van der Waals surface area (Å²) in [7, 11) is 0. The molecule has 1 aliphatic rings. The highest BCUT2D eigenvalue weighted by molar-refractivity contribution is 7.99. The third-order valence-electron chi connectivity index (χ3n) is 3.75. The zero-order valence-corrected chi connectivity index (χ0v) is 13.9. The summed E-state index contributed by atoms with van der Waals surface area (Å²) in [5.41, 5.74) is 0.713. The molecule has 1 atom stereocenters. The van der Waals surface area contributed by atoms with E-state index in [0.29, 0.717) is 12.5 Å². The monoisotopic (exact) mass is 309 g/mol. The molecule has 0 aliphatic carbocycles. The van der Waals surface area contributed by atoms with Gasteiger partial charge in [0.15, 0.2) is 0 Å². The normalized spacial score (nSPS) is 21.9. The van der Waals surface area contributed by atoms with E-state index in [1.54, 1.807) is 0 Å². The van der Waals surface area contributed by atoms with Crippen molar-refractivity contribution in [3.8, 4) is 5.75 Å². The molecule has 1 fully saturated rings. The van der Waals surface area contributed by atoms with Crippen molar-refractivity contribution in [1.82, 2.24) is 5.32 Å². The number of aliphatic hydroxyl groups is 1. The Kier molecular flexibility index (Phi) is 6.40. The SMILES string of the molecule is CC(C)CCOc1ccc(CNCC2(O)CCSC2)cc1. The Labute approximate surface area is 132 Å². The summed E-state index contributed by atoms with van der Waals surface area (Å²) in [6, 6.07) is 8.23. The molecule has 3 nitrogen and oxygen atoms in total. The predicted octanol–water partition coefficient (Wildman–Crippen LogP) is 3.07. The fourth-order valence-corrected chi connectivity index (χ4v) is 3.59. The van der Waals surface area contributed by atoms with Crippen LogP contribution in [0.3, 0.4) is 0 Å². The van der Waals surface area contributed by atoms with Crippen LogP contribution >= 0.6 is 11.8 Å². The predicted molar refractivity (Wildman–Crippen MR) is 90.0 cm³/mol.